The fourth-order valence-corrected chi connectivity index (χ4v) is 2.71. The first-order valence-electron chi connectivity index (χ1n) is 7.57. The van der Waals surface area contributed by atoms with Gasteiger partial charge in [0.2, 0.25) is 0 Å². The molecule has 0 bridgehead atoms. The second kappa shape index (κ2) is 8.70. The Balaban J connectivity index is 2.34. The highest BCUT2D eigenvalue weighted by Gasteiger charge is 2.13. The number of benzene rings is 2. The second-order valence-corrected chi connectivity index (χ2v) is 6.47. The fraction of sp³-hybridized carbons (Fsp3) is 0.158. The van der Waals surface area contributed by atoms with Crippen LogP contribution in [0.3, 0.4) is 0 Å². The molecule has 1 amide bonds. The Bertz CT molecular complexity index is 872. The lowest BCUT2D eigenvalue weighted by Crippen LogP contribution is -2.14. The van der Waals surface area contributed by atoms with E-state index in [1.807, 2.05) is 19.1 Å². The minimum absolute atomic E-state index is 0.0292. The third kappa shape index (κ3) is 4.85. The minimum Gasteiger partial charge on any atom is -0.493 e. The number of carbonyl (C=O) groups is 1. The molecular formula is C19H16BrClN2O2. The summed E-state index contributed by atoms with van der Waals surface area (Å²) >= 11 is 9.45. The molecular weight excluding hydrogens is 404 g/mol. The molecule has 0 heterocycles. The van der Waals surface area contributed by atoms with Crippen LogP contribution in [0.2, 0.25) is 5.02 Å². The molecule has 0 saturated heterocycles. The first-order valence-corrected chi connectivity index (χ1v) is 8.74. The van der Waals surface area contributed by atoms with E-state index in [2.05, 4.69) is 21.2 Å². The van der Waals surface area contributed by atoms with Crippen LogP contribution in [0.4, 0.5) is 5.69 Å². The highest BCUT2D eigenvalue weighted by Crippen LogP contribution is 2.27. The van der Waals surface area contributed by atoms with Gasteiger partial charge in [-0.25, -0.2) is 0 Å². The van der Waals surface area contributed by atoms with Crippen molar-refractivity contribution in [3.63, 3.8) is 0 Å². The van der Waals surface area contributed by atoms with E-state index in [0.29, 0.717) is 28.6 Å². The molecule has 0 saturated carbocycles. The van der Waals surface area contributed by atoms with Crippen LogP contribution in [0.1, 0.15) is 18.1 Å². The maximum atomic E-state index is 12.5. The molecule has 0 spiro atoms. The van der Waals surface area contributed by atoms with E-state index in [1.54, 1.807) is 37.3 Å². The van der Waals surface area contributed by atoms with Crippen molar-refractivity contribution in [2.75, 3.05) is 11.9 Å². The van der Waals surface area contributed by atoms with E-state index in [0.717, 1.165) is 10.0 Å². The summed E-state index contributed by atoms with van der Waals surface area (Å²) in [5, 5.41) is 12.7. The smallest absolute Gasteiger partial charge is 0.266 e. The minimum atomic E-state index is -0.504. The number of nitrogens with zero attached hydrogens (tertiary/aromatic N) is 1. The SMILES string of the molecule is CCOc1ccc(Br)cc1/C=C(\C#N)C(=O)Nc1cccc(Cl)c1C. The normalized spacial score (nSPS) is 10.9. The molecule has 2 aromatic rings. The lowest BCUT2D eigenvalue weighted by atomic mass is 10.1. The number of rotatable bonds is 5. The third-order valence-electron chi connectivity index (χ3n) is 3.45. The quantitative estimate of drug-likeness (QED) is 0.524. The summed E-state index contributed by atoms with van der Waals surface area (Å²) in [6.07, 6.45) is 1.50. The highest BCUT2D eigenvalue weighted by molar-refractivity contribution is 9.10. The van der Waals surface area contributed by atoms with E-state index < -0.39 is 5.91 Å². The summed E-state index contributed by atoms with van der Waals surface area (Å²) in [4.78, 5) is 12.5. The Hall–Kier alpha value is -2.29. The zero-order valence-electron chi connectivity index (χ0n) is 13.8. The predicted molar refractivity (Wildman–Crippen MR) is 104 cm³/mol. The first-order chi connectivity index (χ1) is 12.0. The number of amides is 1. The molecule has 0 aromatic heterocycles. The van der Waals surface area contributed by atoms with Gasteiger partial charge in [-0.2, -0.15) is 5.26 Å². The van der Waals surface area contributed by atoms with E-state index in [9.17, 15) is 10.1 Å². The van der Waals surface area contributed by atoms with Gasteiger partial charge < -0.3 is 10.1 Å². The molecule has 0 aliphatic rings. The molecule has 0 radical (unpaired) electrons. The molecule has 2 aromatic carbocycles. The summed E-state index contributed by atoms with van der Waals surface area (Å²) in [6, 6.07) is 12.6. The molecule has 0 atom stereocenters. The highest BCUT2D eigenvalue weighted by atomic mass is 79.9. The standard InChI is InChI=1S/C19H16BrClN2O2/c1-3-25-18-8-7-15(20)10-13(18)9-14(11-22)19(24)23-17-6-4-5-16(21)12(17)2/h4-10H,3H2,1-2H3,(H,23,24)/b14-9+. The molecule has 128 valence electrons. The van der Waals surface area contributed by atoms with E-state index in [1.165, 1.54) is 6.08 Å². The van der Waals surface area contributed by atoms with Crippen molar-refractivity contribution >= 4 is 45.2 Å². The maximum absolute atomic E-state index is 12.5. The zero-order valence-corrected chi connectivity index (χ0v) is 16.1. The van der Waals surface area contributed by atoms with Crippen LogP contribution in [0, 0.1) is 18.3 Å². The Morgan fingerprint density at radius 2 is 2.16 bits per heavy atom. The number of nitriles is 1. The van der Waals surface area contributed by atoms with Crippen molar-refractivity contribution in [2.24, 2.45) is 0 Å². The average Bonchev–Trinajstić information content (AvgIpc) is 2.59. The van der Waals surface area contributed by atoms with Crippen LogP contribution in [0.15, 0.2) is 46.4 Å². The van der Waals surface area contributed by atoms with Crippen molar-refractivity contribution in [1.29, 1.82) is 5.26 Å². The second-order valence-electron chi connectivity index (χ2n) is 5.15. The Morgan fingerprint density at radius 1 is 1.40 bits per heavy atom. The van der Waals surface area contributed by atoms with Gasteiger partial charge in [0.05, 0.1) is 6.61 Å². The van der Waals surface area contributed by atoms with E-state index in [-0.39, 0.29) is 5.57 Å². The van der Waals surface area contributed by atoms with Gasteiger partial charge in [-0.05, 0) is 55.8 Å². The van der Waals surface area contributed by atoms with Crippen molar-refractivity contribution in [1.82, 2.24) is 0 Å². The summed E-state index contributed by atoms with van der Waals surface area (Å²) < 4.78 is 6.37. The van der Waals surface area contributed by atoms with Gasteiger partial charge in [-0.15, -0.1) is 0 Å². The average molecular weight is 420 g/mol. The van der Waals surface area contributed by atoms with Crippen molar-refractivity contribution in [3.05, 3.63) is 62.6 Å². The maximum Gasteiger partial charge on any atom is 0.266 e. The number of ether oxygens (including phenoxy) is 1. The zero-order chi connectivity index (χ0) is 18.4. The van der Waals surface area contributed by atoms with Gasteiger partial charge in [0.25, 0.3) is 5.91 Å². The molecule has 4 nitrogen and oxygen atoms in total. The Morgan fingerprint density at radius 3 is 2.84 bits per heavy atom. The van der Waals surface area contributed by atoms with Crippen LogP contribution in [-0.2, 0) is 4.79 Å². The largest absolute Gasteiger partial charge is 0.493 e. The molecule has 0 aliphatic heterocycles. The van der Waals surface area contributed by atoms with Crippen LogP contribution < -0.4 is 10.1 Å². The van der Waals surface area contributed by atoms with Gasteiger partial charge >= 0.3 is 0 Å². The Labute approximate surface area is 160 Å². The van der Waals surface area contributed by atoms with Gasteiger partial charge in [0.15, 0.2) is 0 Å². The summed E-state index contributed by atoms with van der Waals surface area (Å²) in [7, 11) is 0. The topological polar surface area (TPSA) is 62.1 Å². The predicted octanol–water partition coefficient (Wildman–Crippen LogP) is 5.36. The summed E-state index contributed by atoms with van der Waals surface area (Å²) in [5.41, 5.74) is 1.93. The monoisotopic (exact) mass is 418 g/mol. The van der Waals surface area contributed by atoms with Gasteiger partial charge in [-0.1, -0.05) is 33.6 Å². The van der Waals surface area contributed by atoms with Crippen molar-refractivity contribution < 1.29 is 9.53 Å². The number of hydrogen-bond donors (Lipinski definition) is 1. The lowest BCUT2D eigenvalue weighted by Gasteiger charge is -2.10. The first kappa shape index (κ1) is 19.0. The molecule has 25 heavy (non-hydrogen) atoms. The van der Waals surface area contributed by atoms with Crippen LogP contribution in [0.5, 0.6) is 5.75 Å². The van der Waals surface area contributed by atoms with Crippen molar-refractivity contribution in [3.8, 4) is 11.8 Å². The molecule has 1 N–H and O–H groups in total. The molecule has 0 aliphatic carbocycles. The molecule has 6 heteroatoms. The van der Waals surface area contributed by atoms with Crippen molar-refractivity contribution in [2.45, 2.75) is 13.8 Å². The number of anilines is 1. The third-order valence-corrected chi connectivity index (χ3v) is 4.36. The van der Waals surface area contributed by atoms with Crippen LogP contribution in [0.25, 0.3) is 6.08 Å². The van der Waals surface area contributed by atoms with E-state index >= 15 is 0 Å². The fourth-order valence-electron chi connectivity index (χ4n) is 2.16. The number of hydrogen-bond acceptors (Lipinski definition) is 3. The lowest BCUT2D eigenvalue weighted by molar-refractivity contribution is -0.112. The number of nitrogens with one attached hydrogen (secondary N) is 1. The number of carbonyl (C=O) groups excluding carboxylic acids is 1. The number of halogens is 2. The molecule has 2 rings (SSSR count). The van der Waals surface area contributed by atoms with Gasteiger partial charge in [-0.3, -0.25) is 4.79 Å². The molecule has 0 fully saturated rings. The van der Waals surface area contributed by atoms with Crippen LogP contribution in [-0.4, -0.2) is 12.5 Å². The van der Waals surface area contributed by atoms with Crippen LogP contribution >= 0.6 is 27.5 Å². The van der Waals surface area contributed by atoms with E-state index in [4.69, 9.17) is 16.3 Å². The molecule has 0 unspecified atom stereocenters. The Kier molecular flexibility index (Phi) is 6.63. The summed E-state index contributed by atoms with van der Waals surface area (Å²) in [6.45, 7) is 4.16. The van der Waals surface area contributed by atoms with Gasteiger partial charge in [0.1, 0.15) is 17.4 Å². The van der Waals surface area contributed by atoms with Gasteiger partial charge in [0, 0.05) is 20.7 Å². The summed E-state index contributed by atoms with van der Waals surface area (Å²) in [5.74, 6) is 0.0977.